The van der Waals surface area contributed by atoms with E-state index in [1.165, 1.54) is 0 Å². The standard InChI is InChI=1S/C20H21Br2NO3/c1-26-18-10-9-13(21)12-15(18)19(14-6-2-3-7-16(14)22)23-11-5-4-8-17(23)20(24)25/h2-3,6-7,9-10,12,17,19H,4-5,8,11H2,1H3,(H,24,25). The number of ether oxygens (including phenoxy) is 1. The Kier molecular flexibility index (Phi) is 6.37. The Hall–Kier alpha value is -1.37. The fourth-order valence-electron chi connectivity index (χ4n) is 3.67. The first-order valence-corrected chi connectivity index (χ1v) is 10.2. The molecule has 0 saturated carbocycles. The van der Waals surface area contributed by atoms with Gasteiger partial charge in [-0.05, 0) is 49.2 Å². The number of carbonyl (C=O) groups is 1. The van der Waals surface area contributed by atoms with Gasteiger partial charge in [-0.25, -0.2) is 0 Å². The molecule has 1 heterocycles. The second kappa shape index (κ2) is 8.55. The van der Waals surface area contributed by atoms with Gasteiger partial charge < -0.3 is 9.84 Å². The van der Waals surface area contributed by atoms with Crippen LogP contribution in [-0.4, -0.2) is 35.7 Å². The number of hydrogen-bond acceptors (Lipinski definition) is 3. The minimum absolute atomic E-state index is 0.209. The molecule has 138 valence electrons. The van der Waals surface area contributed by atoms with Gasteiger partial charge in [-0.1, -0.05) is 56.5 Å². The van der Waals surface area contributed by atoms with E-state index in [4.69, 9.17) is 4.74 Å². The van der Waals surface area contributed by atoms with Crippen LogP contribution in [0, 0.1) is 0 Å². The average Bonchev–Trinajstić information content (AvgIpc) is 2.64. The van der Waals surface area contributed by atoms with E-state index in [1.54, 1.807) is 7.11 Å². The molecule has 2 atom stereocenters. The summed E-state index contributed by atoms with van der Waals surface area (Å²) in [5, 5.41) is 9.81. The van der Waals surface area contributed by atoms with Gasteiger partial charge in [0.25, 0.3) is 0 Å². The summed E-state index contributed by atoms with van der Waals surface area (Å²) in [6, 6.07) is 13.1. The SMILES string of the molecule is COc1ccc(Br)cc1C(c1ccccc1Br)N1CCCCC1C(=O)O. The number of carboxylic acids is 1. The number of aliphatic carboxylic acids is 1. The summed E-state index contributed by atoms with van der Waals surface area (Å²) in [6.45, 7) is 0.735. The highest BCUT2D eigenvalue weighted by Gasteiger charge is 2.37. The first kappa shape index (κ1) is 19.4. The minimum Gasteiger partial charge on any atom is -0.496 e. The van der Waals surface area contributed by atoms with Crippen molar-refractivity contribution in [2.75, 3.05) is 13.7 Å². The lowest BCUT2D eigenvalue weighted by Gasteiger charge is -2.40. The van der Waals surface area contributed by atoms with Crippen molar-refractivity contribution in [2.24, 2.45) is 0 Å². The van der Waals surface area contributed by atoms with Crippen molar-refractivity contribution in [3.63, 3.8) is 0 Å². The van der Waals surface area contributed by atoms with Crippen LogP contribution in [0.5, 0.6) is 5.75 Å². The second-order valence-electron chi connectivity index (χ2n) is 6.40. The molecule has 26 heavy (non-hydrogen) atoms. The lowest BCUT2D eigenvalue weighted by molar-refractivity contribution is -0.145. The first-order valence-electron chi connectivity index (χ1n) is 8.59. The zero-order chi connectivity index (χ0) is 18.7. The van der Waals surface area contributed by atoms with Crippen LogP contribution in [-0.2, 0) is 4.79 Å². The largest absolute Gasteiger partial charge is 0.496 e. The number of nitrogens with zero attached hydrogens (tertiary/aromatic N) is 1. The molecule has 2 aromatic rings. The van der Waals surface area contributed by atoms with Gasteiger partial charge in [-0.3, -0.25) is 9.69 Å². The van der Waals surface area contributed by atoms with E-state index in [1.807, 2.05) is 42.5 Å². The maximum Gasteiger partial charge on any atom is 0.320 e. The topological polar surface area (TPSA) is 49.8 Å². The van der Waals surface area contributed by atoms with E-state index in [0.29, 0.717) is 6.42 Å². The zero-order valence-electron chi connectivity index (χ0n) is 14.5. The summed E-state index contributed by atoms with van der Waals surface area (Å²) in [7, 11) is 1.65. The van der Waals surface area contributed by atoms with Crippen molar-refractivity contribution >= 4 is 37.8 Å². The van der Waals surface area contributed by atoms with Crippen molar-refractivity contribution in [1.29, 1.82) is 0 Å². The number of rotatable bonds is 5. The van der Waals surface area contributed by atoms with E-state index in [-0.39, 0.29) is 6.04 Å². The molecule has 1 N–H and O–H groups in total. The molecular formula is C20H21Br2NO3. The van der Waals surface area contributed by atoms with Crippen molar-refractivity contribution in [3.8, 4) is 5.75 Å². The number of halogens is 2. The molecule has 0 spiro atoms. The Bertz CT molecular complexity index is 796. The Balaban J connectivity index is 2.19. The van der Waals surface area contributed by atoms with E-state index in [9.17, 15) is 9.90 Å². The van der Waals surface area contributed by atoms with Gasteiger partial charge in [-0.15, -0.1) is 0 Å². The number of methoxy groups -OCH3 is 1. The maximum atomic E-state index is 11.9. The molecule has 0 radical (unpaired) electrons. The molecule has 0 amide bonds. The molecule has 2 unspecified atom stereocenters. The average molecular weight is 483 g/mol. The molecule has 1 aliphatic heterocycles. The molecule has 6 heteroatoms. The van der Waals surface area contributed by atoms with Crippen LogP contribution in [0.3, 0.4) is 0 Å². The predicted molar refractivity (Wildman–Crippen MR) is 109 cm³/mol. The fraction of sp³-hybridized carbons (Fsp3) is 0.350. The summed E-state index contributed by atoms with van der Waals surface area (Å²) in [6.07, 6.45) is 2.58. The molecule has 0 aromatic heterocycles. The first-order chi connectivity index (χ1) is 12.5. The summed E-state index contributed by atoms with van der Waals surface area (Å²) in [5.41, 5.74) is 2.00. The third-order valence-corrected chi connectivity index (χ3v) is 6.06. The highest BCUT2D eigenvalue weighted by atomic mass is 79.9. The van der Waals surface area contributed by atoms with Gasteiger partial charge in [0.1, 0.15) is 11.8 Å². The summed E-state index contributed by atoms with van der Waals surface area (Å²) >= 11 is 7.21. The number of likely N-dealkylation sites (tertiary alicyclic amines) is 1. The molecule has 1 fully saturated rings. The van der Waals surface area contributed by atoms with E-state index >= 15 is 0 Å². The molecule has 0 aliphatic carbocycles. The smallest absolute Gasteiger partial charge is 0.320 e. The number of piperidine rings is 1. The number of benzene rings is 2. The van der Waals surface area contributed by atoms with Crippen molar-refractivity contribution in [2.45, 2.75) is 31.3 Å². The molecule has 4 nitrogen and oxygen atoms in total. The quantitative estimate of drug-likeness (QED) is 0.632. The van der Waals surface area contributed by atoms with Crippen LogP contribution in [0.1, 0.15) is 36.4 Å². The van der Waals surface area contributed by atoms with Crippen LogP contribution < -0.4 is 4.74 Å². The molecule has 1 aliphatic rings. The second-order valence-corrected chi connectivity index (χ2v) is 8.17. The van der Waals surface area contributed by atoms with Crippen LogP contribution in [0.2, 0.25) is 0 Å². The molecular weight excluding hydrogens is 462 g/mol. The van der Waals surface area contributed by atoms with Gasteiger partial charge in [0.05, 0.1) is 13.2 Å². The Labute approximate surface area is 170 Å². The number of carboxylic acid groups (broad SMARTS) is 1. The Morgan fingerprint density at radius 1 is 1.19 bits per heavy atom. The fourth-order valence-corrected chi connectivity index (χ4v) is 4.55. The minimum atomic E-state index is -0.768. The lowest BCUT2D eigenvalue weighted by Crippen LogP contribution is -2.47. The van der Waals surface area contributed by atoms with Crippen molar-refractivity contribution in [3.05, 3.63) is 62.5 Å². The van der Waals surface area contributed by atoms with Gasteiger partial charge in [-0.2, -0.15) is 0 Å². The highest BCUT2D eigenvalue weighted by molar-refractivity contribution is 9.10. The molecule has 3 rings (SSSR count). The van der Waals surface area contributed by atoms with Crippen molar-refractivity contribution < 1.29 is 14.6 Å². The third-order valence-electron chi connectivity index (χ3n) is 4.85. The third kappa shape index (κ3) is 3.97. The monoisotopic (exact) mass is 481 g/mol. The normalized spacial score (nSPS) is 19.1. The Morgan fingerprint density at radius 3 is 2.65 bits per heavy atom. The Morgan fingerprint density at radius 2 is 1.96 bits per heavy atom. The van der Waals surface area contributed by atoms with Crippen LogP contribution in [0.25, 0.3) is 0 Å². The van der Waals surface area contributed by atoms with Gasteiger partial charge in [0.15, 0.2) is 0 Å². The predicted octanol–water partition coefficient (Wildman–Crippen LogP) is 5.25. The molecule has 1 saturated heterocycles. The lowest BCUT2D eigenvalue weighted by atomic mass is 9.91. The zero-order valence-corrected chi connectivity index (χ0v) is 17.7. The molecule has 2 aromatic carbocycles. The van der Waals surface area contributed by atoms with Crippen LogP contribution in [0.4, 0.5) is 0 Å². The van der Waals surface area contributed by atoms with Gasteiger partial charge >= 0.3 is 5.97 Å². The summed E-state index contributed by atoms with van der Waals surface area (Å²) in [5.74, 6) is -0.0145. The maximum absolute atomic E-state index is 11.9. The summed E-state index contributed by atoms with van der Waals surface area (Å²) < 4.78 is 7.52. The van der Waals surface area contributed by atoms with Gasteiger partial charge in [0, 0.05) is 14.5 Å². The van der Waals surface area contributed by atoms with Crippen LogP contribution >= 0.6 is 31.9 Å². The number of hydrogen-bond donors (Lipinski definition) is 1. The van der Waals surface area contributed by atoms with Crippen molar-refractivity contribution in [1.82, 2.24) is 4.90 Å². The molecule has 0 bridgehead atoms. The van der Waals surface area contributed by atoms with E-state index in [2.05, 4.69) is 36.8 Å². The van der Waals surface area contributed by atoms with Crippen LogP contribution in [0.15, 0.2) is 51.4 Å². The van der Waals surface area contributed by atoms with E-state index in [0.717, 1.165) is 45.2 Å². The summed E-state index contributed by atoms with van der Waals surface area (Å²) in [4.78, 5) is 14.0. The highest BCUT2D eigenvalue weighted by Crippen LogP contribution is 2.41. The van der Waals surface area contributed by atoms with Gasteiger partial charge in [0.2, 0.25) is 0 Å². The van der Waals surface area contributed by atoms with E-state index < -0.39 is 12.0 Å².